The number of hydrogen-bond donors (Lipinski definition) is 1. The highest BCUT2D eigenvalue weighted by Crippen LogP contribution is 2.16. The SMILES string of the molecule is CC(NCc1cccc(OCC#N)c1)c1ccc(F)cc1. The summed E-state index contributed by atoms with van der Waals surface area (Å²) in [6.45, 7) is 2.74. The molecule has 1 atom stereocenters. The number of nitrogens with zero attached hydrogens (tertiary/aromatic N) is 1. The number of nitriles is 1. The smallest absolute Gasteiger partial charge is 0.174 e. The Bertz CT molecular complexity index is 619. The molecule has 4 heteroatoms. The summed E-state index contributed by atoms with van der Waals surface area (Å²) in [5.74, 6) is 0.457. The topological polar surface area (TPSA) is 45.0 Å². The molecule has 108 valence electrons. The molecule has 0 fully saturated rings. The Morgan fingerprint density at radius 1 is 1.24 bits per heavy atom. The number of nitrogens with one attached hydrogen (secondary N) is 1. The molecule has 3 nitrogen and oxygen atoms in total. The quantitative estimate of drug-likeness (QED) is 0.882. The third kappa shape index (κ3) is 4.59. The lowest BCUT2D eigenvalue weighted by Gasteiger charge is -2.14. The summed E-state index contributed by atoms with van der Waals surface area (Å²) < 4.78 is 18.2. The molecule has 2 rings (SSSR count). The molecular formula is C17H17FN2O. The van der Waals surface area contributed by atoms with Crippen LogP contribution in [0.3, 0.4) is 0 Å². The van der Waals surface area contributed by atoms with Crippen molar-refractivity contribution in [1.29, 1.82) is 5.26 Å². The number of benzene rings is 2. The molecule has 21 heavy (non-hydrogen) atoms. The van der Waals surface area contributed by atoms with E-state index in [2.05, 4.69) is 5.32 Å². The highest BCUT2D eigenvalue weighted by Gasteiger charge is 2.05. The Kier molecular flexibility index (Phi) is 5.30. The van der Waals surface area contributed by atoms with Crippen molar-refractivity contribution in [2.24, 2.45) is 0 Å². The molecule has 0 bridgehead atoms. The predicted molar refractivity (Wildman–Crippen MR) is 79.2 cm³/mol. The van der Waals surface area contributed by atoms with Crippen molar-refractivity contribution in [3.63, 3.8) is 0 Å². The summed E-state index contributed by atoms with van der Waals surface area (Å²) in [4.78, 5) is 0. The van der Waals surface area contributed by atoms with Crippen LogP contribution < -0.4 is 10.1 Å². The maximum Gasteiger partial charge on any atom is 0.174 e. The first-order valence-corrected chi connectivity index (χ1v) is 6.76. The van der Waals surface area contributed by atoms with Crippen LogP contribution in [0.4, 0.5) is 4.39 Å². The molecule has 0 aromatic heterocycles. The summed E-state index contributed by atoms with van der Waals surface area (Å²) >= 11 is 0. The Labute approximate surface area is 124 Å². The molecule has 0 saturated carbocycles. The van der Waals surface area contributed by atoms with Gasteiger partial charge in [0.15, 0.2) is 6.61 Å². The van der Waals surface area contributed by atoms with Crippen molar-refractivity contribution in [2.45, 2.75) is 19.5 Å². The second-order valence-electron chi connectivity index (χ2n) is 4.75. The number of halogens is 1. The Balaban J connectivity index is 1.93. The molecule has 2 aromatic rings. The Morgan fingerprint density at radius 3 is 2.71 bits per heavy atom. The van der Waals surface area contributed by atoms with Crippen LogP contribution in [0.1, 0.15) is 24.1 Å². The maximum absolute atomic E-state index is 12.9. The van der Waals surface area contributed by atoms with E-state index in [1.165, 1.54) is 12.1 Å². The van der Waals surface area contributed by atoms with Crippen molar-refractivity contribution in [3.8, 4) is 11.8 Å². The van der Waals surface area contributed by atoms with Crippen LogP contribution >= 0.6 is 0 Å². The van der Waals surface area contributed by atoms with Gasteiger partial charge in [0.1, 0.15) is 17.6 Å². The van der Waals surface area contributed by atoms with Crippen LogP contribution in [0.2, 0.25) is 0 Å². The van der Waals surface area contributed by atoms with Gasteiger partial charge in [0.25, 0.3) is 0 Å². The molecule has 1 N–H and O–H groups in total. The summed E-state index contributed by atoms with van der Waals surface area (Å²) in [7, 11) is 0. The molecule has 0 radical (unpaired) electrons. The van der Waals surface area contributed by atoms with Gasteiger partial charge in [-0.25, -0.2) is 4.39 Å². The third-order valence-corrected chi connectivity index (χ3v) is 3.18. The van der Waals surface area contributed by atoms with Gasteiger partial charge in [-0.1, -0.05) is 24.3 Å². The lowest BCUT2D eigenvalue weighted by molar-refractivity contribution is 0.367. The van der Waals surface area contributed by atoms with E-state index >= 15 is 0 Å². The minimum absolute atomic E-state index is 0.0445. The highest BCUT2D eigenvalue weighted by molar-refractivity contribution is 5.29. The fourth-order valence-corrected chi connectivity index (χ4v) is 2.00. The number of ether oxygens (including phenoxy) is 1. The molecule has 0 spiro atoms. The van der Waals surface area contributed by atoms with E-state index in [4.69, 9.17) is 10.00 Å². The molecule has 1 unspecified atom stereocenters. The number of rotatable bonds is 6. The van der Waals surface area contributed by atoms with Crippen molar-refractivity contribution >= 4 is 0 Å². The molecular weight excluding hydrogens is 267 g/mol. The zero-order valence-electron chi connectivity index (χ0n) is 11.8. The van der Waals surface area contributed by atoms with E-state index in [0.29, 0.717) is 12.3 Å². The van der Waals surface area contributed by atoms with E-state index in [9.17, 15) is 4.39 Å². The first kappa shape index (κ1) is 15.0. The van der Waals surface area contributed by atoms with Gasteiger partial charge in [-0.15, -0.1) is 0 Å². The Hall–Kier alpha value is -2.38. The van der Waals surface area contributed by atoms with E-state index in [1.54, 1.807) is 12.1 Å². The average Bonchev–Trinajstić information content (AvgIpc) is 2.52. The second-order valence-corrected chi connectivity index (χ2v) is 4.75. The average molecular weight is 284 g/mol. The van der Waals surface area contributed by atoms with Crippen LogP contribution in [0.15, 0.2) is 48.5 Å². The van der Waals surface area contributed by atoms with E-state index in [-0.39, 0.29) is 18.5 Å². The fourth-order valence-electron chi connectivity index (χ4n) is 2.00. The van der Waals surface area contributed by atoms with Crippen molar-refractivity contribution in [2.75, 3.05) is 6.61 Å². The monoisotopic (exact) mass is 284 g/mol. The van der Waals surface area contributed by atoms with Crippen LogP contribution in [-0.2, 0) is 6.54 Å². The third-order valence-electron chi connectivity index (χ3n) is 3.18. The minimum atomic E-state index is -0.228. The Morgan fingerprint density at radius 2 is 2.00 bits per heavy atom. The van der Waals surface area contributed by atoms with Gasteiger partial charge < -0.3 is 10.1 Å². The summed E-state index contributed by atoms with van der Waals surface area (Å²) in [5, 5.41) is 11.9. The van der Waals surface area contributed by atoms with Crippen LogP contribution in [0, 0.1) is 17.1 Å². The summed E-state index contributed by atoms with van der Waals surface area (Å²) in [6.07, 6.45) is 0. The maximum atomic E-state index is 12.9. The van der Waals surface area contributed by atoms with E-state index in [1.807, 2.05) is 37.3 Å². The van der Waals surface area contributed by atoms with Gasteiger partial charge in [-0.05, 0) is 42.3 Å². The zero-order valence-corrected chi connectivity index (χ0v) is 11.8. The van der Waals surface area contributed by atoms with Gasteiger partial charge in [0.05, 0.1) is 0 Å². The second kappa shape index (κ2) is 7.41. The summed E-state index contributed by atoms with van der Waals surface area (Å²) in [5.41, 5.74) is 2.10. The van der Waals surface area contributed by atoms with Gasteiger partial charge in [0.2, 0.25) is 0 Å². The van der Waals surface area contributed by atoms with Gasteiger partial charge >= 0.3 is 0 Å². The minimum Gasteiger partial charge on any atom is -0.479 e. The molecule has 0 amide bonds. The first-order valence-electron chi connectivity index (χ1n) is 6.76. The molecule has 2 aromatic carbocycles. The lowest BCUT2D eigenvalue weighted by Crippen LogP contribution is -2.18. The van der Waals surface area contributed by atoms with E-state index in [0.717, 1.165) is 11.1 Å². The van der Waals surface area contributed by atoms with Crippen LogP contribution in [0.25, 0.3) is 0 Å². The van der Waals surface area contributed by atoms with E-state index < -0.39 is 0 Å². The molecule has 0 aliphatic rings. The molecule has 0 aliphatic carbocycles. The summed E-state index contributed by atoms with van der Waals surface area (Å²) in [6, 6.07) is 16.2. The lowest BCUT2D eigenvalue weighted by atomic mass is 10.1. The number of hydrogen-bond acceptors (Lipinski definition) is 3. The van der Waals surface area contributed by atoms with Crippen LogP contribution in [0.5, 0.6) is 5.75 Å². The van der Waals surface area contributed by atoms with Gasteiger partial charge in [-0.2, -0.15) is 5.26 Å². The fraction of sp³-hybridized carbons (Fsp3) is 0.235. The molecule has 0 heterocycles. The molecule has 0 aliphatic heterocycles. The zero-order chi connectivity index (χ0) is 15.1. The highest BCUT2D eigenvalue weighted by atomic mass is 19.1. The molecule has 0 saturated heterocycles. The normalized spacial score (nSPS) is 11.7. The van der Waals surface area contributed by atoms with Crippen molar-refractivity contribution < 1.29 is 9.13 Å². The van der Waals surface area contributed by atoms with Gasteiger partial charge in [0, 0.05) is 12.6 Å². The van der Waals surface area contributed by atoms with Crippen LogP contribution in [-0.4, -0.2) is 6.61 Å². The first-order chi connectivity index (χ1) is 10.2. The predicted octanol–water partition coefficient (Wildman–Crippen LogP) is 3.58. The van der Waals surface area contributed by atoms with Gasteiger partial charge in [-0.3, -0.25) is 0 Å². The largest absolute Gasteiger partial charge is 0.479 e. The standard InChI is InChI=1S/C17H17FN2O/c1-13(15-5-7-16(18)8-6-15)20-12-14-3-2-4-17(11-14)21-10-9-19/h2-8,11,13,20H,10,12H2,1H3. The van der Waals surface area contributed by atoms with Crippen molar-refractivity contribution in [1.82, 2.24) is 5.32 Å². The van der Waals surface area contributed by atoms with Crippen molar-refractivity contribution in [3.05, 3.63) is 65.5 Å².